The summed E-state index contributed by atoms with van der Waals surface area (Å²) in [6.07, 6.45) is 0. The molecule has 21 heavy (non-hydrogen) atoms. The van der Waals surface area contributed by atoms with E-state index < -0.39 is 0 Å². The van der Waals surface area contributed by atoms with Crippen LogP contribution in [0.2, 0.25) is 0 Å². The van der Waals surface area contributed by atoms with Gasteiger partial charge in [-0.05, 0) is 45.6 Å². The molecule has 0 aliphatic heterocycles. The molecule has 0 aliphatic rings. The van der Waals surface area contributed by atoms with Crippen molar-refractivity contribution in [3.8, 4) is 0 Å². The first-order valence-corrected chi connectivity index (χ1v) is 7.43. The van der Waals surface area contributed by atoms with Crippen molar-refractivity contribution in [2.45, 2.75) is 26.4 Å². The van der Waals surface area contributed by atoms with Crippen LogP contribution in [-0.2, 0) is 6.54 Å². The third kappa shape index (κ3) is 4.66. The lowest BCUT2D eigenvalue weighted by Crippen LogP contribution is -2.31. The lowest BCUT2D eigenvalue weighted by atomic mass is 10.0. The van der Waals surface area contributed by atoms with Gasteiger partial charge in [0.05, 0.1) is 5.69 Å². The summed E-state index contributed by atoms with van der Waals surface area (Å²) in [6, 6.07) is 15.2. The summed E-state index contributed by atoms with van der Waals surface area (Å²) in [5, 5.41) is 3.41. The maximum atomic E-state index is 4.57. The Bertz CT molecular complexity index is 580. The molecule has 112 valence electrons. The van der Waals surface area contributed by atoms with Gasteiger partial charge < -0.3 is 5.32 Å². The number of aryl methyl sites for hydroxylation is 2. The van der Waals surface area contributed by atoms with Crippen LogP contribution in [0.4, 0.5) is 0 Å². The van der Waals surface area contributed by atoms with E-state index in [1.165, 1.54) is 11.1 Å². The fourth-order valence-electron chi connectivity index (χ4n) is 2.59. The monoisotopic (exact) mass is 283 g/mol. The molecule has 1 unspecified atom stereocenters. The summed E-state index contributed by atoms with van der Waals surface area (Å²) >= 11 is 0. The number of pyridine rings is 1. The van der Waals surface area contributed by atoms with Crippen molar-refractivity contribution in [1.29, 1.82) is 0 Å². The van der Waals surface area contributed by atoms with Crippen LogP contribution < -0.4 is 5.32 Å². The minimum absolute atomic E-state index is 0.333. The van der Waals surface area contributed by atoms with Crippen LogP contribution in [0.5, 0.6) is 0 Å². The highest BCUT2D eigenvalue weighted by molar-refractivity contribution is 5.25. The van der Waals surface area contributed by atoms with E-state index in [9.17, 15) is 0 Å². The van der Waals surface area contributed by atoms with E-state index in [0.29, 0.717) is 6.04 Å². The van der Waals surface area contributed by atoms with Gasteiger partial charge in [0, 0.05) is 24.8 Å². The number of hydrogen-bond donors (Lipinski definition) is 1. The Balaban J connectivity index is 2.01. The lowest BCUT2D eigenvalue weighted by molar-refractivity contribution is 0.286. The maximum Gasteiger partial charge on any atom is 0.0547 e. The lowest BCUT2D eigenvalue weighted by Gasteiger charge is -2.24. The highest BCUT2D eigenvalue weighted by Gasteiger charge is 2.12. The SMILES string of the molecule is CNC(CN(C)Cc1cccc(C)n1)c1cccc(C)c1. The molecular weight excluding hydrogens is 258 g/mol. The second-order valence-electron chi connectivity index (χ2n) is 5.72. The second-order valence-corrected chi connectivity index (χ2v) is 5.72. The molecule has 1 aromatic heterocycles. The van der Waals surface area contributed by atoms with Gasteiger partial charge in [-0.2, -0.15) is 0 Å². The summed E-state index contributed by atoms with van der Waals surface area (Å²) in [5.74, 6) is 0. The highest BCUT2D eigenvalue weighted by atomic mass is 15.1. The van der Waals surface area contributed by atoms with Crippen LogP contribution in [0.3, 0.4) is 0 Å². The van der Waals surface area contributed by atoms with E-state index in [0.717, 1.165) is 24.5 Å². The largest absolute Gasteiger partial charge is 0.312 e. The molecular formula is C18H25N3. The number of hydrogen-bond acceptors (Lipinski definition) is 3. The molecule has 1 atom stereocenters. The zero-order valence-electron chi connectivity index (χ0n) is 13.4. The normalized spacial score (nSPS) is 12.6. The summed E-state index contributed by atoms with van der Waals surface area (Å²) in [5.41, 5.74) is 4.83. The van der Waals surface area contributed by atoms with Gasteiger partial charge in [-0.1, -0.05) is 35.9 Å². The first-order chi connectivity index (χ1) is 10.1. The van der Waals surface area contributed by atoms with Gasteiger partial charge in [-0.25, -0.2) is 0 Å². The van der Waals surface area contributed by atoms with Crippen molar-refractivity contribution in [3.05, 3.63) is 65.0 Å². The fourth-order valence-corrected chi connectivity index (χ4v) is 2.59. The van der Waals surface area contributed by atoms with Crippen LogP contribution >= 0.6 is 0 Å². The third-order valence-corrected chi connectivity index (χ3v) is 3.67. The number of rotatable bonds is 6. The smallest absolute Gasteiger partial charge is 0.0547 e. The van der Waals surface area contributed by atoms with Gasteiger partial charge in [0.2, 0.25) is 0 Å². The van der Waals surface area contributed by atoms with E-state index in [1.54, 1.807) is 0 Å². The van der Waals surface area contributed by atoms with Crippen LogP contribution in [0.15, 0.2) is 42.5 Å². The van der Waals surface area contributed by atoms with Crippen LogP contribution in [-0.4, -0.2) is 30.5 Å². The summed E-state index contributed by atoms with van der Waals surface area (Å²) in [6.45, 7) is 5.99. The molecule has 0 bridgehead atoms. The number of nitrogens with one attached hydrogen (secondary N) is 1. The van der Waals surface area contributed by atoms with Crippen LogP contribution in [0, 0.1) is 13.8 Å². The summed E-state index contributed by atoms with van der Waals surface area (Å²) in [7, 11) is 4.16. The third-order valence-electron chi connectivity index (χ3n) is 3.67. The number of aromatic nitrogens is 1. The molecule has 0 aliphatic carbocycles. The van der Waals surface area contributed by atoms with Crippen molar-refractivity contribution in [2.24, 2.45) is 0 Å². The van der Waals surface area contributed by atoms with E-state index in [4.69, 9.17) is 0 Å². The van der Waals surface area contributed by atoms with E-state index in [2.05, 4.69) is 65.6 Å². The standard InChI is InChI=1S/C18H25N3/c1-14-7-5-9-16(11-14)18(19-3)13-21(4)12-17-10-6-8-15(2)20-17/h5-11,18-19H,12-13H2,1-4H3. The molecule has 3 nitrogen and oxygen atoms in total. The van der Waals surface area contributed by atoms with Crippen molar-refractivity contribution in [3.63, 3.8) is 0 Å². The van der Waals surface area contributed by atoms with E-state index >= 15 is 0 Å². The van der Waals surface area contributed by atoms with E-state index in [-0.39, 0.29) is 0 Å². The molecule has 0 saturated carbocycles. The highest BCUT2D eigenvalue weighted by Crippen LogP contribution is 2.16. The number of benzene rings is 1. The summed E-state index contributed by atoms with van der Waals surface area (Å²) < 4.78 is 0. The average molecular weight is 283 g/mol. The zero-order valence-corrected chi connectivity index (χ0v) is 13.4. The fraction of sp³-hybridized carbons (Fsp3) is 0.389. The van der Waals surface area contributed by atoms with Crippen LogP contribution in [0.1, 0.15) is 28.6 Å². The summed E-state index contributed by atoms with van der Waals surface area (Å²) in [4.78, 5) is 6.88. The quantitative estimate of drug-likeness (QED) is 0.883. The van der Waals surface area contributed by atoms with Gasteiger partial charge in [0.1, 0.15) is 0 Å². The Morgan fingerprint density at radius 2 is 1.90 bits per heavy atom. The maximum absolute atomic E-state index is 4.57. The molecule has 2 rings (SSSR count). The van der Waals surface area contributed by atoms with Crippen molar-refractivity contribution < 1.29 is 0 Å². The number of nitrogens with zero attached hydrogens (tertiary/aromatic N) is 2. The molecule has 1 N–H and O–H groups in total. The molecule has 1 aromatic carbocycles. The Morgan fingerprint density at radius 1 is 1.14 bits per heavy atom. The Morgan fingerprint density at radius 3 is 2.57 bits per heavy atom. The predicted molar refractivity (Wildman–Crippen MR) is 88.3 cm³/mol. The molecule has 2 aromatic rings. The number of likely N-dealkylation sites (N-methyl/N-ethyl adjacent to an activating group) is 2. The van der Waals surface area contributed by atoms with Gasteiger partial charge in [0.15, 0.2) is 0 Å². The minimum atomic E-state index is 0.333. The molecule has 0 spiro atoms. The minimum Gasteiger partial charge on any atom is -0.312 e. The predicted octanol–water partition coefficient (Wildman–Crippen LogP) is 3.09. The van der Waals surface area contributed by atoms with Gasteiger partial charge >= 0.3 is 0 Å². The van der Waals surface area contributed by atoms with E-state index in [1.807, 2.05) is 20.0 Å². The molecule has 0 radical (unpaired) electrons. The van der Waals surface area contributed by atoms with Gasteiger partial charge in [0.25, 0.3) is 0 Å². The molecule has 0 fully saturated rings. The molecule has 3 heteroatoms. The van der Waals surface area contributed by atoms with Crippen LogP contribution in [0.25, 0.3) is 0 Å². The van der Waals surface area contributed by atoms with Gasteiger partial charge in [-0.15, -0.1) is 0 Å². The Labute approximate surface area is 128 Å². The van der Waals surface area contributed by atoms with Crippen molar-refractivity contribution >= 4 is 0 Å². The second kappa shape index (κ2) is 7.34. The molecule has 0 amide bonds. The van der Waals surface area contributed by atoms with Gasteiger partial charge in [-0.3, -0.25) is 9.88 Å². The van der Waals surface area contributed by atoms with Crippen molar-refractivity contribution in [2.75, 3.05) is 20.6 Å². The first kappa shape index (κ1) is 15.7. The Kier molecular flexibility index (Phi) is 5.48. The average Bonchev–Trinajstić information content (AvgIpc) is 2.44. The molecule has 1 heterocycles. The topological polar surface area (TPSA) is 28.2 Å². The zero-order chi connectivity index (χ0) is 15.2. The first-order valence-electron chi connectivity index (χ1n) is 7.43. The van der Waals surface area contributed by atoms with Crippen molar-refractivity contribution in [1.82, 2.24) is 15.2 Å². The molecule has 0 saturated heterocycles. The Hall–Kier alpha value is -1.71.